The van der Waals surface area contributed by atoms with E-state index in [1.165, 1.54) is 77.5 Å². The predicted molar refractivity (Wildman–Crippen MR) is 251 cm³/mol. The van der Waals surface area contributed by atoms with E-state index in [0.29, 0.717) is 0 Å². The van der Waals surface area contributed by atoms with Gasteiger partial charge in [-0.15, -0.1) is 0 Å². The summed E-state index contributed by atoms with van der Waals surface area (Å²) in [6, 6.07) is 89.7. The van der Waals surface area contributed by atoms with Crippen LogP contribution in [0.2, 0.25) is 0 Å². The van der Waals surface area contributed by atoms with Crippen LogP contribution in [0.5, 0.6) is 0 Å². The Morgan fingerprint density at radius 2 is 0.559 bits per heavy atom. The van der Waals surface area contributed by atoms with E-state index in [1.807, 2.05) is 0 Å². The Labute approximate surface area is 346 Å². The Hall–Kier alpha value is -7.74. The smallest absolute Gasteiger partial charge is 0.0540 e. The molecule has 0 radical (unpaired) electrons. The largest absolute Gasteiger partial charge is 0.310 e. The van der Waals surface area contributed by atoms with Crippen molar-refractivity contribution in [2.75, 3.05) is 4.90 Å². The number of hydrogen-bond donors (Lipinski definition) is 0. The molecular weight excluding hydrogens is 711 g/mol. The molecule has 0 bridgehead atoms. The van der Waals surface area contributed by atoms with Crippen molar-refractivity contribution in [1.82, 2.24) is 0 Å². The van der Waals surface area contributed by atoms with Crippen molar-refractivity contribution < 1.29 is 0 Å². The molecule has 0 aliphatic rings. The number of nitrogens with zero attached hydrogens (tertiary/aromatic N) is 1. The Balaban J connectivity index is 0.948. The monoisotopic (exact) mass is 751 g/mol. The molecular formula is C58H41N. The second kappa shape index (κ2) is 16.0. The van der Waals surface area contributed by atoms with Crippen molar-refractivity contribution in [1.29, 1.82) is 0 Å². The molecule has 0 aliphatic carbocycles. The molecule has 0 aliphatic heterocycles. The maximum Gasteiger partial charge on any atom is 0.0540 e. The number of para-hydroxylation sites is 1. The van der Waals surface area contributed by atoms with Gasteiger partial charge in [-0.1, -0.05) is 206 Å². The highest BCUT2D eigenvalue weighted by molar-refractivity contribution is 5.90. The van der Waals surface area contributed by atoms with Crippen LogP contribution in [0.25, 0.3) is 77.5 Å². The third kappa shape index (κ3) is 7.46. The van der Waals surface area contributed by atoms with Gasteiger partial charge in [0.2, 0.25) is 0 Å². The normalized spacial score (nSPS) is 11.1. The lowest BCUT2D eigenvalue weighted by molar-refractivity contribution is 1.28. The molecule has 0 unspecified atom stereocenters. The Kier molecular flexibility index (Phi) is 9.68. The quantitative estimate of drug-likeness (QED) is 0.142. The van der Waals surface area contributed by atoms with E-state index in [9.17, 15) is 0 Å². The molecule has 10 aromatic rings. The SMILES string of the molecule is c1ccc(-c2ccc(-c3ccc(N(c4ccc(-c5ccc(-c6cccc(-c7ccc8ccccc8c7)c6)cc5)cc4)c4ccccc4-c4ccccc4)cc3)cc2)cc1. The van der Waals surface area contributed by atoms with Crippen LogP contribution in [0.1, 0.15) is 0 Å². The van der Waals surface area contributed by atoms with Crippen molar-refractivity contribution in [2.24, 2.45) is 0 Å². The summed E-state index contributed by atoms with van der Waals surface area (Å²) in [5.74, 6) is 0. The summed E-state index contributed by atoms with van der Waals surface area (Å²) in [7, 11) is 0. The van der Waals surface area contributed by atoms with Crippen LogP contribution >= 0.6 is 0 Å². The van der Waals surface area contributed by atoms with Crippen LogP contribution in [0, 0.1) is 0 Å². The number of anilines is 3. The van der Waals surface area contributed by atoms with Gasteiger partial charge in [0.15, 0.2) is 0 Å². The van der Waals surface area contributed by atoms with Gasteiger partial charge in [0, 0.05) is 16.9 Å². The minimum atomic E-state index is 1.10. The van der Waals surface area contributed by atoms with Gasteiger partial charge < -0.3 is 4.90 Å². The number of hydrogen-bond acceptors (Lipinski definition) is 1. The first-order valence-corrected chi connectivity index (χ1v) is 20.2. The number of fused-ring (bicyclic) bond motifs is 1. The summed E-state index contributed by atoms with van der Waals surface area (Å²) in [5.41, 5.74) is 17.7. The van der Waals surface area contributed by atoms with Crippen molar-refractivity contribution >= 4 is 27.8 Å². The highest BCUT2D eigenvalue weighted by Crippen LogP contribution is 2.42. The molecule has 0 amide bonds. The first-order chi connectivity index (χ1) is 29.2. The van der Waals surface area contributed by atoms with Gasteiger partial charge >= 0.3 is 0 Å². The fraction of sp³-hybridized carbons (Fsp3) is 0. The summed E-state index contributed by atoms with van der Waals surface area (Å²) in [5, 5.41) is 2.52. The van der Waals surface area contributed by atoms with Crippen molar-refractivity contribution in [3.8, 4) is 66.8 Å². The standard InChI is InChI=1S/C58H41N/c1-3-12-42(13-4-1)44-22-24-45(25-23-44)47-32-36-55(37-33-47)59(58-21-10-9-20-57(58)50-15-5-2-6-16-50)56-38-34-48(35-39-56)46-26-28-49(29-27-46)52-18-11-19-53(40-52)54-31-30-43-14-7-8-17-51(43)41-54/h1-41H. The molecule has 0 N–H and O–H groups in total. The van der Waals surface area contributed by atoms with Gasteiger partial charge in [0.1, 0.15) is 0 Å². The first-order valence-electron chi connectivity index (χ1n) is 20.2. The van der Waals surface area contributed by atoms with Gasteiger partial charge in [0.25, 0.3) is 0 Å². The molecule has 0 aromatic heterocycles. The second-order valence-corrected chi connectivity index (χ2v) is 15.0. The fourth-order valence-electron chi connectivity index (χ4n) is 8.15. The van der Waals surface area contributed by atoms with Crippen LogP contribution in [0.4, 0.5) is 17.1 Å². The highest BCUT2D eigenvalue weighted by atomic mass is 15.1. The lowest BCUT2D eigenvalue weighted by atomic mass is 9.96. The van der Waals surface area contributed by atoms with Crippen LogP contribution in [0.3, 0.4) is 0 Å². The van der Waals surface area contributed by atoms with E-state index in [2.05, 4.69) is 254 Å². The molecule has 1 nitrogen and oxygen atoms in total. The van der Waals surface area contributed by atoms with E-state index in [4.69, 9.17) is 0 Å². The summed E-state index contributed by atoms with van der Waals surface area (Å²) in [6.45, 7) is 0. The fourth-order valence-corrected chi connectivity index (χ4v) is 8.15. The highest BCUT2D eigenvalue weighted by Gasteiger charge is 2.17. The molecule has 0 fully saturated rings. The zero-order valence-electron chi connectivity index (χ0n) is 32.6. The number of rotatable bonds is 9. The molecule has 0 saturated carbocycles. The van der Waals surface area contributed by atoms with E-state index >= 15 is 0 Å². The van der Waals surface area contributed by atoms with Crippen LogP contribution in [-0.4, -0.2) is 0 Å². The molecule has 278 valence electrons. The van der Waals surface area contributed by atoms with Crippen LogP contribution in [-0.2, 0) is 0 Å². The third-order valence-electron chi connectivity index (χ3n) is 11.3. The van der Waals surface area contributed by atoms with Gasteiger partial charge in [-0.3, -0.25) is 0 Å². The zero-order chi connectivity index (χ0) is 39.4. The maximum absolute atomic E-state index is 2.38. The van der Waals surface area contributed by atoms with E-state index in [0.717, 1.165) is 17.1 Å². The number of benzene rings is 10. The summed E-state index contributed by atoms with van der Waals surface area (Å²) >= 11 is 0. The minimum Gasteiger partial charge on any atom is -0.310 e. The molecule has 0 spiro atoms. The maximum atomic E-state index is 2.38. The van der Waals surface area contributed by atoms with E-state index in [1.54, 1.807) is 0 Å². The van der Waals surface area contributed by atoms with Gasteiger partial charge in [0.05, 0.1) is 5.69 Å². The molecule has 10 aromatic carbocycles. The van der Waals surface area contributed by atoms with Gasteiger partial charge in [-0.25, -0.2) is 0 Å². The van der Waals surface area contributed by atoms with Crippen LogP contribution in [0.15, 0.2) is 249 Å². The summed E-state index contributed by atoms with van der Waals surface area (Å²) in [6.07, 6.45) is 0. The summed E-state index contributed by atoms with van der Waals surface area (Å²) < 4.78 is 0. The first kappa shape index (κ1) is 35.7. The van der Waals surface area contributed by atoms with E-state index in [-0.39, 0.29) is 0 Å². The molecule has 10 rings (SSSR count). The van der Waals surface area contributed by atoms with Gasteiger partial charge in [-0.05, 0) is 114 Å². The Morgan fingerprint density at radius 3 is 1.12 bits per heavy atom. The van der Waals surface area contributed by atoms with Crippen molar-refractivity contribution in [3.05, 3.63) is 249 Å². The molecule has 59 heavy (non-hydrogen) atoms. The molecule has 0 atom stereocenters. The molecule has 0 heterocycles. The average molecular weight is 752 g/mol. The predicted octanol–water partition coefficient (Wildman–Crippen LogP) is 16.3. The molecule has 0 saturated heterocycles. The summed E-state index contributed by atoms with van der Waals surface area (Å²) in [4.78, 5) is 2.38. The van der Waals surface area contributed by atoms with Crippen molar-refractivity contribution in [3.63, 3.8) is 0 Å². The molecule has 1 heteroatoms. The Bertz CT molecular complexity index is 2980. The second-order valence-electron chi connectivity index (χ2n) is 15.0. The third-order valence-corrected chi connectivity index (χ3v) is 11.3. The lowest BCUT2D eigenvalue weighted by Gasteiger charge is -2.28. The lowest BCUT2D eigenvalue weighted by Crippen LogP contribution is -2.11. The Morgan fingerprint density at radius 1 is 0.203 bits per heavy atom. The zero-order valence-corrected chi connectivity index (χ0v) is 32.6. The minimum absolute atomic E-state index is 1.10. The van der Waals surface area contributed by atoms with Crippen LogP contribution < -0.4 is 4.90 Å². The average Bonchev–Trinajstić information content (AvgIpc) is 3.33. The topological polar surface area (TPSA) is 3.24 Å². The van der Waals surface area contributed by atoms with E-state index < -0.39 is 0 Å². The van der Waals surface area contributed by atoms with Gasteiger partial charge in [-0.2, -0.15) is 0 Å². The van der Waals surface area contributed by atoms with Crippen molar-refractivity contribution in [2.45, 2.75) is 0 Å².